The Balaban J connectivity index is 0.00000242. The molecule has 1 aliphatic heterocycles. The van der Waals surface area contributed by atoms with Crippen molar-refractivity contribution in [3.8, 4) is 5.75 Å². The molecule has 6 heteroatoms. The number of carbonyl (C=O) groups excluding carboxylic acids is 1. The standard InChI is InChI=1S/C16H23FN2O2.ClH/c1-12-11-13(8-9-18-12)19-16(20)7-4-10-21-15-6-3-2-5-14(15)17;/h2-3,5-6,12-13,18H,4,7-11H2,1H3,(H,19,20);1H. The molecule has 2 atom stereocenters. The van der Waals surface area contributed by atoms with E-state index in [9.17, 15) is 9.18 Å². The maximum absolute atomic E-state index is 13.3. The summed E-state index contributed by atoms with van der Waals surface area (Å²) in [5, 5.41) is 6.40. The van der Waals surface area contributed by atoms with Crippen LogP contribution in [-0.4, -0.2) is 31.1 Å². The molecule has 4 nitrogen and oxygen atoms in total. The summed E-state index contributed by atoms with van der Waals surface area (Å²) in [5.74, 6) is -0.0815. The fourth-order valence-corrected chi connectivity index (χ4v) is 2.54. The van der Waals surface area contributed by atoms with Crippen LogP contribution >= 0.6 is 12.4 Å². The summed E-state index contributed by atoms with van der Waals surface area (Å²) in [7, 11) is 0. The van der Waals surface area contributed by atoms with Crippen LogP contribution in [0.15, 0.2) is 24.3 Å². The van der Waals surface area contributed by atoms with Crippen molar-refractivity contribution in [1.29, 1.82) is 0 Å². The molecule has 1 amide bonds. The van der Waals surface area contributed by atoms with Crippen molar-refractivity contribution in [1.82, 2.24) is 10.6 Å². The van der Waals surface area contributed by atoms with Crippen molar-refractivity contribution in [3.63, 3.8) is 0 Å². The van der Waals surface area contributed by atoms with Crippen LogP contribution in [0.2, 0.25) is 0 Å². The lowest BCUT2D eigenvalue weighted by Gasteiger charge is -2.28. The minimum atomic E-state index is -0.370. The zero-order valence-electron chi connectivity index (χ0n) is 12.8. The Bertz CT molecular complexity index is 473. The number of nitrogens with one attached hydrogen (secondary N) is 2. The molecule has 0 aromatic heterocycles. The van der Waals surface area contributed by atoms with Crippen LogP contribution in [0.3, 0.4) is 0 Å². The summed E-state index contributed by atoms with van der Waals surface area (Å²) in [6.45, 7) is 3.42. The van der Waals surface area contributed by atoms with Crippen LogP contribution in [0.1, 0.15) is 32.6 Å². The highest BCUT2D eigenvalue weighted by atomic mass is 35.5. The van der Waals surface area contributed by atoms with E-state index in [1.165, 1.54) is 6.07 Å². The lowest BCUT2D eigenvalue weighted by atomic mass is 10.0. The third-order valence-electron chi connectivity index (χ3n) is 3.63. The molecule has 0 spiro atoms. The second-order valence-electron chi connectivity index (χ2n) is 5.53. The number of amides is 1. The first-order valence-corrected chi connectivity index (χ1v) is 7.55. The highest BCUT2D eigenvalue weighted by molar-refractivity contribution is 5.85. The first kappa shape index (κ1) is 18.7. The molecular formula is C16H24ClFN2O2. The van der Waals surface area contributed by atoms with E-state index in [0.29, 0.717) is 25.5 Å². The van der Waals surface area contributed by atoms with Crippen molar-refractivity contribution < 1.29 is 13.9 Å². The van der Waals surface area contributed by atoms with Gasteiger partial charge in [0.1, 0.15) is 0 Å². The zero-order chi connectivity index (χ0) is 15.1. The van der Waals surface area contributed by atoms with Gasteiger partial charge in [-0.3, -0.25) is 4.79 Å². The molecule has 0 aliphatic carbocycles. The summed E-state index contributed by atoms with van der Waals surface area (Å²) in [4.78, 5) is 11.8. The quantitative estimate of drug-likeness (QED) is 0.788. The average molecular weight is 331 g/mol. The van der Waals surface area contributed by atoms with Crippen LogP contribution in [0.25, 0.3) is 0 Å². The third kappa shape index (κ3) is 6.20. The van der Waals surface area contributed by atoms with Gasteiger partial charge in [0.15, 0.2) is 11.6 Å². The molecule has 2 rings (SSSR count). The number of carbonyl (C=O) groups is 1. The number of rotatable bonds is 6. The summed E-state index contributed by atoms with van der Waals surface area (Å²) in [6.07, 6.45) is 2.94. The molecule has 1 fully saturated rings. The second-order valence-corrected chi connectivity index (χ2v) is 5.53. The monoisotopic (exact) mass is 330 g/mol. The van der Waals surface area contributed by atoms with Gasteiger partial charge >= 0.3 is 0 Å². The maximum Gasteiger partial charge on any atom is 0.220 e. The third-order valence-corrected chi connectivity index (χ3v) is 3.63. The highest BCUT2D eigenvalue weighted by Gasteiger charge is 2.19. The fourth-order valence-electron chi connectivity index (χ4n) is 2.54. The Hall–Kier alpha value is -1.33. The molecule has 1 aliphatic rings. The van der Waals surface area contributed by atoms with E-state index in [1.807, 2.05) is 0 Å². The van der Waals surface area contributed by atoms with E-state index < -0.39 is 0 Å². The van der Waals surface area contributed by atoms with E-state index >= 15 is 0 Å². The number of ether oxygens (including phenoxy) is 1. The summed E-state index contributed by atoms with van der Waals surface area (Å²) < 4.78 is 18.6. The Kier molecular flexibility index (Phi) is 8.20. The molecule has 1 saturated heterocycles. The van der Waals surface area contributed by atoms with Gasteiger partial charge in [-0.1, -0.05) is 12.1 Å². The van der Waals surface area contributed by atoms with Crippen LogP contribution in [0, 0.1) is 5.82 Å². The predicted octanol–water partition coefficient (Wildman–Crippen LogP) is 2.66. The molecule has 1 aromatic rings. The molecule has 1 aromatic carbocycles. The van der Waals surface area contributed by atoms with Crippen molar-refractivity contribution in [2.45, 2.75) is 44.7 Å². The van der Waals surface area contributed by atoms with Gasteiger partial charge in [0, 0.05) is 18.5 Å². The normalized spacial score (nSPS) is 20.8. The number of benzene rings is 1. The van der Waals surface area contributed by atoms with E-state index in [0.717, 1.165) is 19.4 Å². The number of para-hydroxylation sites is 1. The largest absolute Gasteiger partial charge is 0.491 e. The first-order valence-electron chi connectivity index (χ1n) is 7.55. The van der Waals surface area contributed by atoms with E-state index in [2.05, 4.69) is 17.6 Å². The van der Waals surface area contributed by atoms with Gasteiger partial charge in [0.05, 0.1) is 6.61 Å². The van der Waals surface area contributed by atoms with Gasteiger partial charge in [-0.25, -0.2) is 4.39 Å². The molecule has 0 bridgehead atoms. The predicted molar refractivity (Wildman–Crippen MR) is 87.0 cm³/mol. The zero-order valence-corrected chi connectivity index (χ0v) is 13.6. The minimum absolute atomic E-state index is 0. The number of halogens is 2. The van der Waals surface area contributed by atoms with Crippen molar-refractivity contribution in [2.24, 2.45) is 0 Å². The Morgan fingerprint density at radius 2 is 2.23 bits per heavy atom. The molecular weight excluding hydrogens is 307 g/mol. The van der Waals surface area contributed by atoms with Crippen LogP contribution < -0.4 is 15.4 Å². The first-order chi connectivity index (χ1) is 10.1. The lowest BCUT2D eigenvalue weighted by Crippen LogP contribution is -2.46. The molecule has 124 valence electrons. The van der Waals surface area contributed by atoms with Gasteiger partial charge < -0.3 is 15.4 Å². The van der Waals surface area contributed by atoms with Gasteiger partial charge in [0.2, 0.25) is 5.91 Å². The Labute approximate surface area is 137 Å². The van der Waals surface area contributed by atoms with Crippen molar-refractivity contribution >= 4 is 18.3 Å². The van der Waals surface area contributed by atoms with Gasteiger partial charge in [0.25, 0.3) is 0 Å². The Morgan fingerprint density at radius 1 is 1.45 bits per heavy atom. The van der Waals surface area contributed by atoms with Crippen LogP contribution in [0.4, 0.5) is 4.39 Å². The number of piperidine rings is 1. The fraction of sp³-hybridized carbons (Fsp3) is 0.562. The van der Waals surface area contributed by atoms with Gasteiger partial charge in [-0.15, -0.1) is 12.4 Å². The number of hydrogen-bond donors (Lipinski definition) is 2. The van der Waals surface area contributed by atoms with E-state index in [-0.39, 0.29) is 35.9 Å². The smallest absolute Gasteiger partial charge is 0.220 e. The minimum Gasteiger partial charge on any atom is -0.491 e. The second kappa shape index (κ2) is 9.64. The maximum atomic E-state index is 13.3. The molecule has 0 saturated carbocycles. The average Bonchev–Trinajstić information content (AvgIpc) is 2.45. The lowest BCUT2D eigenvalue weighted by molar-refractivity contribution is -0.122. The Morgan fingerprint density at radius 3 is 2.95 bits per heavy atom. The summed E-state index contributed by atoms with van der Waals surface area (Å²) in [6, 6.07) is 7.01. The van der Waals surface area contributed by atoms with Gasteiger partial charge in [-0.05, 0) is 44.9 Å². The van der Waals surface area contributed by atoms with Crippen LogP contribution in [0.5, 0.6) is 5.75 Å². The topological polar surface area (TPSA) is 50.4 Å². The van der Waals surface area contributed by atoms with E-state index in [4.69, 9.17) is 4.74 Å². The molecule has 0 radical (unpaired) electrons. The highest BCUT2D eigenvalue weighted by Crippen LogP contribution is 2.15. The number of hydrogen-bond acceptors (Lipinski definition) is 3. The molecule has 2 unspecified atom stereocenters. The van der Waals surface area contributed by atoms with Crippen molar-refractivity contribution in [2.75, 3.05) is 13.2 Å². The van der Waals surface area contributed by atoms with Crippen molar-refractivity contribution in [3.05, 3.63) is 30.1 Å². The molecule has 2 N–H and O–H groups in total. The summed E-state index contributed by atoms with van der Waals surface area (Å²) in [5.41, 5.74) is 0. The van der Waals surface area contributed by atoms with E-state index in [1.54, 1.807) is 18.2 Å². The van der Waals surface area contributed by atoms with Crippen LogP contribution in [-0.2, 0) is 4.79 Å². The molecule has 22 heavy (non-hydrogen) atoms. The SMILES string of the molecule is CC1CC(NC(=O)CCCOc2ccccc2F)CCN1.Cl. The summed E-state index contributed by atoms with van der Waals surface area (Å²) >= 11 is 0. The molecule has 1 heterocycles. The van der Waals surface area contributed by atoms with Gasteiger partial charge in [-0.2, -0.15) is 0 Å².